The number of hydrogen-bond donors (Lipinski definition) is 3. The van der Waals surface area contributed by atoms with Crippen molar-refractivity contribution in [2.75, 3.05) is 6.61 Å². The fourth-order valence-electron chi connectivity index (χ4n) is 1.07. The first-order valence-electron chi connectivity index (χ1n) is 7.46. The van der Waals surface area contributed by atoms with Crippen LogP contribution in [0.5, 0.6) is 0 Å². The zero-order valence-corrected chi connectivity index (χ0v) is 13.2. The molecule has 0 aromatic heterocycles. The number of aliphatic hydroxyl groups excluding tert-OH is 3. The first-order chi connectivity index (χ1) is 8.49. The molecular formula is C15H36O3. The summed E-state index contributed by atoms with van der Waals surface area (Å²) in [6.07, 6.45) is 6.94. The van der Waals surface area contributed by atoms with Crippen molar-refractivity contribution in [3.05, 3.63) is 0 Å². The fraction of sp³-hybridized carbons (Fsp3) is 1.00. The Morgan fingerprint density at radius 2 is 1.33 bits per heavy atom. The van der Waals surface area contributed by atoms with Gasteiger partial charge < -0.3 is 15.3 Å². The lowest BCUT2D eigenvalue weighted by atomic mass is 10.2. The minimum Gasteiger partial charge on any atom is -0.396 e. The molecule has 0 aromatic carbocycles. The lowest BCUT2D eigenvalue weighted by molar-refractivity contribution is 0.166. The van der Waals surface area contributed by atoms with Crippen molar-refractivity contribution in [3.8, 4) is 0 Å². The second kappa shape index (κ2) is 22.1. The minimum atomic E-state index is -0.102. The summed E-state index contributed by atoms with van der Waals surface area (Å²) in [5.41, 5.74) is 0. The molecule has 0 radical (unpaired) electrons. The van der Waals surface area contributed by atoms with Crippen molar-refractivity contribution in [3.63, 3.8) is 0 Å². The third kappa shape index (κ3) is 36.0. The number of rotatable bonds is 7. The van der Waals surface area contributed by atoms with E-state index < -0.39 is 0 Å². The first-order valence-corrected chi connectivity index (χ1v) is 7.46. The lowest BCUT2D eigenvalue weighted by Crippen LogP contribution is -1.99. The van der Waals surface area contributed by atoms with Crippen LogP contribution in [0.25, 0.3) is 0 Å². The second-order valence-corrected chi connectivity index (χ2v) is 4.54. The summed E-state index contributed by atoms with van der Waals surface area (Å²) in [6.45, 7) is 10.3. The van der Waals surface area contributed by atoms with E-state index in [1.165, 1.54) is 6.42 Å². The number of unbranched alkanes of at least 4 members (excludes halogenated alkanes) is 2. The van der Waals surface area contributed by atoms with Gasteiger partial charge in [0.15, 0.2) is 0 Å². The van der Waals surface area contributed by atoms with E-state index >= 15 is 0 Å². The molecule has 0 bridgehead atoms. The van der Waals surface area contributed by atoms with E-state index in [-0.39, 0.29) is 12.2 Å². The van der Waals surface area contributed by atoms with Crippen LogP contribution in [0.1, 0.15) is 79.6 Å². The van der Waals surface area contributed by atoms with Gasteiger partial charge in [0.05, 0.1) is 12.2 Å². The van der Waals surface area contributed by atoms with Gasteiger partial charge in [0, 0.05) is 6.61 Å². The van der Waals surface area contributed by atoms with Crippen molar-refractivity contribution in [1.82, 2.24) is 0 Å². The predicted molar refractivity (Wildman–Crippen MR) is 79.8 cm³/mol. The Balaban J connectivity index is -0.000000187. The third-order valence-corrected chi connectivity index (χ3v) is 2.41. The summed E-state index contributed by atoms with van der Waals surface area (Å²) in [5, 5.41) is 25.4. The normalized spacial score (nSPS) is 11.2. The van der Waals surface area contributed by atoms with Crippen LogP contribution in [0.2, 0.25) is 0 Å². The molecule has 1 unspecified atom stereocenters. The lowest BCUT2D eigenvalue weighted by Gasteiger charge is -1.98. The van der Waals surface area contributed by atoms with E-state index in [9.17, 15) is 0 Å². The van der Waals surface area contributed by atoms with Crippen LogP contribution in [0.4, 0.5) is 0 Å². The quantitative estimate of drug-likeness (QED) is 0.617. The molecule has 0 spiro atoms. The van der Waals surface area contributed by atoms with E-state index in [1.54, 1.807) is 0 Å². The smallest absolute Gasteiger partial charge is 0.0535 e. The van der Waals surface area contributed by atoms with E-state index in [4.69, 9.17) is 15.3 Å². The standard InChI is InChI=1S/3C5H12O/c1-3-4-5(2)6;1-3-5(6)4-2;1-2-3-4-5-6/h2*5-6H,3-4H2,1-2H3;6H,2-5H2,1H3. The minimum absolute atomic E-state index is 0.0648. The SMILES string of the molecule is CCC(O)CC.CCCC(C)O.CCCCCO. The van der Waals surface area contributed by atoms with Gasteiger partial charge in [0.1, 0.15) is 0 Å². The van der Waals surface area contributed by atoms with E-state index in [2.05, 4.69) is 13.8 Å². The van der Waals surface area contributed by atoms with Gasteiger partial charge in [-0.1, -0.05) is 47.0 Å². The molecule has 0 heterocycles. The molecular weight excluding hydrogens is 228 g/mol. The zero-order chi connectivity index (χ0) is 14.8. The molecule has 0 fully saturated rings. The molecule has 114 valence electrons. The highest BCUT2D eigenvalue weighted by Gasteiger charge is 1.90. The highest BCUT2D eigenvalue weighted by molar-refractivity contribution is 4.43. The third-order valence-electron chi connectivity index (χ3n) is 2.41. The topological polar surface area (TPSA) is 60.7 Å². The molecule has 3 N–H and O–H groups in total. The highest BCUT2D eigenvalue weighted by Crippen LogP contribution is 1.92. The van der Waals surface area contributed by atoms with Gasteiger partial charge in [-0.05, 0) is 32.6 Å². The van der Waals surface area contributed by atoms with Crippen molar-refractivity contribution in [2.45, 2.75) is 91.8 Å². The molecule has 0 aliphatic rings. The van der Waals surface area contributed by atoms with Crippen molar-refractivity contribution in [1.29, 1.82) is 0 Å². The van der Waals surface area contributed by atoms with Crippen molar-refractivity contribution >= 4 is 0 Å². The number of aliphatic hydroxyl groups is 3. The van der Waals surface area contributed by atoms with Crippen molar-refractivity contribution < 1.29 is 15.3 Å². The molecule has 0 saturated carbocycles. The summed E-state index contributed by atoms with van der Waals surface area (Å²) >= 11 is 0. The molecule has 1 atom stereocenters. The van der Waals surface area contributed by atoms with Crippen LogP contribution < -0.4 is 0 Å². The maximum atomic E-state index is 8.67. The largest absolute Gasteiger partial charge is 0.396 e. The molecule has 0 rings (SSSR count). The Morgan fingerprint density at radius 3 is 1.39 bits per heavy atom. The average Bonchev–Trinajstić information content (AvgIpc) is 2.36. The van der Waals surface area contributed by atoms with Crippen LogP contribution >= 0.6 is 0 Å². The molecule has 3 heteroatoms. The molecule has 18 heavy (non-hydrogen) atoms. The summed E-state index contributed by atoms with van der Waals surface area (Å²) in [7, 11) is 0. The van der Waals surface area contributed by atoms with Crippen LogP contribution in [0, 0.1) is 0 Å². The van der Waals surface area contributed by atoms with E-state index in [1.807, 2.05) is 20.8 Å². The van der Waals surface area contributed by atoms with Crippen LogP contribution in [0.15, 0.2) is 0 Å². The molecule has 0 aromatic rings. The zero-order valence-electron chi connectivity index (χ0n) is 13.2. The van der Waals surface area contributed by atoms with Crippen LogP contribution in [-0.2, 0) is 0 Å². The van der Waals surface area contributed by atoms with Gasteiger partial charge in [-0.25, -0.2) is 0 Å². The molecule has 0 saturated heterocycles. The fourth-order valence-corrected chi connectivity index (χ4v) is 1.07. The molecule has 3 nitrogen and oxygen atoms in total. The number of hydrogen-bond acceptors (Lipinski definition) is 3. The molecule has 0 aliphatic carbocycles. The Bertz CT molecular complexity index is 108. The molecule has 0 aliphatic heterocycles. The predicted octanol–water partition coefficient (Wildman–Crippen LogP) is 3.50. The summed E-state index contributed by atoms with van der Waals surface area (Å²) in [5.74, 6) is 0. The summed E-state index contributed by atoms with van der Waals surface area (Å²) in [4.78, 5) is 0. The van der Waals surface area contributed by atoms with Crippen molar-refractivity contribution in [2.24, 2.45) is 0 Å². The second-order valence-electron chi connectivity index (χ2n) is 4.54. The highest BCUT2D eigenvalue weighted by atomic mass is 16.3. The first kappa shape index (κ1) is 23.0. The van der Waals surface area contributed by atoms with Gasteiger partial charge >= 0.3 is 0 Å². The monoisotopic (exact) mass is 264 g/mol. The Hall–Kier alpha value is -0.120. The summed E-state index contributed by atoms with van der Waals surface area (Å²) in [6, 6.07) is 0. The van der Waals surface area contributed by atoms with Crippen LogP contribution in [0.3, 0.4) is 0 Å². The summed E-state index contributed by atoms with van der Waals surface area (Å²) < 4.78 is 0. The Kier molecular flexibility index (Phi) is 28.2. The van der Waals surface area contributed by atoms with Gasteiger partial charge in [0.2, 0.25) is 0 Å². The van der Waals surface area contributed by atoms with Crippen LogP contribution in [-0.4, -0.2) is 34.1 Å². The maximum absolute atomic E-state index is 8.67. The Morgan fingerprint density at radius 1 is 0.833 bits per heavy atom. The van der Waals surface area contributed by atoms with E-state index in [0.29, 0.717) is 6.61 Å². The van der Waals surface area contributed by atoms with E-state index in [0.717, 1.165) is 38.5 Å². The van der Waals surface area contributed by atoms with Gasteiger partial charge in [0.25, 0.3) is 0 Å². The maximum Gasteiger partial charge on any atom is 0.0535 e. The molecule has 0 amide bonds. The van der Waals surface area contributed by atoms with Gasteiger partial charge in [-0.2, -0.15) is 0 Å². The van der Waals surface area contributed by atoms with Gasteiger partial charge in [-0.3, -0.25) is 0 Å². The Labute approximate surface area is 114 Å². The average molecular weight is 264 g/mol. The van der Waals surface area contributed by atoms with Gasteiger partial charge in [-0.15, -0.1) is 0 Å².